The summed E-state index contributed by atoms with van der Waals surface area (Å²) in [5.74, 6) is 1.70. The standard InChI is InChI=1S/C23H20N6O3/c1-3-20-25-23(27-26-20)29-11-9-19-17(22(29)31)12-16-18(24-19)8-10-28(21(16)30)13-14-4-6-15(32-2)7-5-14/h4-12H,3,13H2,1-2H3,(H,25,26,27). The number of aromatic nitrogens is 6. The van der Waals surface area contributed by atoms with Crippen molar-refractivity contribution in [2.45, 2.75) is 19.9 Å². The highest BCUT2D eigenvalue weighted by Gasteiger charge is 2.13. The summed E-state index contributed by atoms with van der Waals surface area (Å²) in [4.78, 5) is 35.1. The predicted molar refractivity (Wildman–Crippen MR) is 121 cm³/mol. The maximum Gasteiger partial charge on any atom is 0.267 e. The van der Waals surface area contributed by atoms with Crippen molar-refractivity contribution in [3.63, 3.8) is 0 Å². The second-order valence-corrected chi connectivity index (χ2v) is 7.38. The number of aromatic amines is 1. The first-order valence-corrected chi connectivity index (χ1v) is 10.2. The van der Waals surface area contributed by atoms with Crippen molar-refractivity contribution in [3.8, 4) is 11.7 Å². The number of aryl methyl sites for hydroxylation is 1. The van der Waals surface area contributed by atoms with Crippen LogP contribution in [0.25, 0.3) is 27.8 Å². The van der Waals surface area contributed by atoms with Crippen LogP contribution in [0.2, 0.25) is 0 Å². The molecule has 32 heavy (non-hydrogen) atoms. The molecule has 5 aromatic rings. The molecule has 1 aromatic carbocycles. The van der Waals surface area contributed by atoms with Gasteiger partial charge in [-0.05, 0) is 35.9 Å². The van der Waals surface area contributed by atoms with E-state index in [0.717, 1.165) is 11.3 Å². The summed E-state index contributed by atoms with van der Waals surface area (Å²) < 4.78 is 8.13. The van der Waals surface area contributed by atoms with E-state index < -0.39 is 0 Å². The summed E-state index contributed by atoms with van der Waals surface area (Å²) in [6.45, 7) is 2.34. The molecule has 5 rings (SSSR count). The molecule has 0 aliphatic carbocycles. The number of rotatable bonds is 5. The first kappa shape index (κ1) is 19.7. The smallest absolute Gasteiger partial charge is 0.267 e. The molecule has 4 heterocycles. The van der Waals surface area contributed by atoms with Crippen LogP contribution in [0.1, 0.15) is 18.3 Å². The van der Waals surface area contributed by atoms with Gasteiger partial charge in [-0.25, -0.2) is 9.55 Å². The van der Waals surface area contributed by atoms with Gasteiger partial charge in [0.15, 0.2) is 0 Å². The van der Waals surface area contributed by atoms with Crippen LogP contribution in [0.4, 0.5) is 0 Å². The molecule has 0 spiro atoms. The SMILES string of the molecule is CCc1nc(-n2ccc3nc4ccn(Cc5ccc(OC)cc5)c(=O)c4cc3c2=O)n[nH]1. The van der Waals surface area contributed by atoms with Gasteiger partial charge >= 0.3 is 0 Å². The Hall–Kier alpha value is -4.27. The Morgan fingerprint density at radius 2 is 1.66 bits per heavy atom. The lowest BCUT2D eigenvalue weighted by molar-refractivity contribution is 0.414. The Kier molecular flexibility index (Phi) is 4.78. The maximum absolute atomic E-state index is 13.2. The number of benzene rings is 1. The van der Waals surface area contributed by atoms with Gasteiger partial charge < -0.3 is 9.30 Å². The number of nitrogens with zero attached hydrogens (tertiary/aromatic N) is 5. The van der Waals surface area contributed by atoms with Crippen LogP contribution >= 0.6 is 0 Å². The summed E-state index contributed by atoms with van der Waals surface area (Å²) >= 11 is 0. The number of H-pyrrole nitrogens is 1. The maximum atomic E-state index is 13.2. The van der Waals surface area contributed by atoms with Crippen molar-refractivity contribution in [2.75, 3.05) is 7.11 Å². The van der Waals surface area contributed by atoms with Crippen LogP contribution in [0, 0.1) is 0 Å². The van der Waals surface area contributed by atoms with Gasteiger partial charge in [-0.3, -0.25) is 14.7 Å². The van der Waals surface area contributed by atoms with E-state index in [2.05, 4.69) is 20.2 Å². The minimum absolute atomic E-state index is 0.214. The molecular formula is C23H20N6O3. The van der Waals surface area contributed by atoms with E-state index in [9.17, 15) is 9.59 Å². The number of pyridine rings is 3. The van der Waals surface area contributed by atoms with E-state index in [1.807, 2.05) is 31.2 Å². The first-order chi connectivity index (χ1) is 15.6. The molecule has 160 valence electrons. The van der Waals surface area contributed by atoms with Crippen LogP contribution < -0.4 is 15.9 Å². The molecule has 9 heteroatoms. The number of ether oxygens (including phenoxy) is 1. The molecule has 0 saturated heterocycles. The second-order valence-electron chi connectivity index (χ2n) is 7.38. The zero-order valence-electron chi connectivity index (χ0n) is 17.6. The van der Waals surface area contributed by atoms with Gasteiger partial charge in [0, 0.05) is 18.8 Å². The third-order valence-corrected chi connectivity index (χ3v) is 5.40. The summed E-state index contributed by atoms with van der Waals surface area (Å²) in [6.07, 6.45) is 3.99. The van der Waals surface area contributed by atoms with Gasteiger partial charge in [-0.1, -0.05) is 19.1 Å². The van der Waals surface area contributed by atoms with Gasteiger partial charge in [0.1, 0.15) is 11.6 Å². The summed E-state index contributed by atoms with van der Waals surface area (Å²) in [6, 6.07) is 12.6. The van der Waals surface area contributed by atoms with Crippen molar-refractivity contribution >= 4 is 21.8 Å². The monoisotopic (exact) mass is 428 g/mol. The fourth-order valence-corrected chi connectivity index (χ4v) is 3.63. The molecule has 0 aliphatic heterocycles. The van der Waals surface area contributed by atoms with Crippen LogP contribution in [0.15, 0.2) is 64.4 Å². The Labute approximate surface area is 182 Å². The predicted octanol–water partition coefficient (Wildman–Crippen LogP) is 2.44. The van der Waals surface area contributed by atoms with E-state index in [1.165, 1.54) is 4.57 Å². The average Bonchev–Trinajstić information content (AvgIpc) is 3.30. The van der Waals surface area contributed by atoms with Crippen LogP contribution in [0.5, 0.6) is 5.75 Å². The molecule has 0 atom stereocenters. The quantitative estimate of drug-likeness (QED) is 0.431. The third-order valence-electron chi connectivity index (χ3n) is 5.40. The Bertz CT molecular complexity index is 1560. The molecule has 0 aliphatic rings. The number of hydrogen-bond acceptors (Lipinski definition) is 6. The van der Waals surface area contributed by atoms with Crippen molar-refractivity contribution in [1.29, 1.82) is 0 Å². The van der Waals surface area contributed by atoms with Crippen molar-refractivity contribution in [2.24, 2.45) is 0 Å². The summed E-state index contributed by atoms with van der Waals surface area (Å²) in [5.41, 5.74) is 1.46. The van der Waals surface area contributed by atoms with E-state index in [0.29, 0.717) is 40.6 Å². The molecule has 0 unspecified atom stereocenters. The van der Waals surface area contributed by atoms with Crippen molar-refractivity contribution in [1.82, 2.24) is 29.3 Å². The Morgan fingerprint density at radius 1 is 0.938 bits per heavy atom. The highest BCUT2D eigenvalue weighted by Crippen LogP contribution is 2.16. The van der Waals surface area contributed by atoms with Gasteiger partial charge in [0.2, 0.25) is 0 Å². The Balaban J connectivity index is 1.61. The van der Waals surface area contributed by atoms with Gasteiger partial charge in [0.05, 0.1) is 35.5 Å². The minimum Gasteiger partial charge on any atom is -0.497 e. The summed E-state index contributed by atoms with van der Waals surface area (Å²) in [5, 5.41) is 7.64. The fourth-order valence-electron chi connectivity index (χ4n) is 3.63. The van der Waals surface area contributed by atoms with E-state index in [4.69, 9.17) is 4.74 Å². The van der Waals surface area contributed by atoms with E-state index in [1.54, 1.807) is 42.3 Å². The van der Waals surface area contributed by atoms with Gasteiger partial charge in [0.25, 0.3) is 17.1 Å². The largest absolute Gasteiger partial charge is 0.497 e. The van der Waals surface area contributed by atoms with Gasteiger partial charge in [-0.15, -0.1) is 5.10 Å². The molecule has 0 saturated carbocycles. The molecule has 0 radical (unpaired) electrons. The highest BCUT2D eigenvalue weighted by atomic mass is 16.5. The number of hydrogen-bond donors (Lipinski definition) is 1. The van der Waals surface area contributed by atoms with Gasteiger partial charge in [-0.2, -0.15) is 4.98 Å². The first-order valence-electron chi connectivity index (χ1n) is 10.2. The third kappa shape index (κ3) is 3.33. The zero-order valence-corrected chi connectivity index (χ0v) is 17.6. The normalized spacial score (nSPS) is 11.3. The van der Waals surface area contributed by atoms with Crippen LogP contribution in [0.3, 0.4) is 0 Å². The fraction of sp³-hybridized carbons (Fsp3) is 0.174. The molecule has 4 aromatic heterocycles. The number of nitrogens with one attached hydrogen (secondary N) is 1. The molecule has 9 nitrogen and oxygen atoms in total. The molecular weight excluding hydrogens is 408 g/mol. The zero-order chi connectivity index (χ0) is 22.2. The molecule has 0 amide bonds. The molecule has 0 bridgehead atoms. The van der Waals surface area contributed by atoms with Crippen LogP contribution in [-0.4, -0.2) is 36.4 Å². The Morgan fingerprint density at radius 3 is 2.34 bits per heavy atom. The van der Waals surface area contributed by atoms with E-state index in [-0.39, 0.29) is 17.1 Å². The number of fused-ring (bicyclic) bond motifs is 2. The second kappa shape index (κ2) is 7.77. The lowest BCUT2D eigenvalue weighted by Crippen LogP contribution is -2.22. The minimum atomic E-state index is -0.330. The lowest BCUT2D eigenvalue weighted by Gasteiger charge is -2.09. The summed E-state index contributed by atoms with van der Waals surface area (Å²) in [7, 11) is 1.61. The van der Waals surface area contributed by atoms with Crippen molar-refractivity contribution in [3.05, 3.63) is 87.0 Å². The van der Waals surface area contributed by atoms with E-state index >= 15 is 0 Å². The van der Waals surface area contributed by atoms with Crippen molar-refractivity contribution < 1.29 is 4.74 Å². The molecule has 0 fully saturated rings. The van der Waals surface area contributed by atoms with Crippen LogP contribution in [-0.2, 0) is 13.0 Å². The lowest BCUT2D eigenvalue weighted by atomic mass is 10.1. The molecule has 1 N–H and O–H groups in total. The average molecular weight is 428 g/mol. The highest BCUT2D eigenvalue weighted by molar-refractivity contribution is 5.91. The number of methoxy groups -OCH3 is 1. The topological polar surface area (TPSA) is 108 Å².